The topological polar surface area (TPSA) is 169 Å². The second-order valence-electron chi connectivity index (χ2n) is 15.5. The van der Waals surface area contributed by atoms with Crippen LogP contribution in [-0.4, -0.2) is 40.4 Å². The second kappa shape index (κ2) is 21.3. The van der Waals surface area contributed by atoms with E-state index in [4.69, 9.17) is 43.5 Å². The molecule has 0 heterocycles. The molecule has 2 aliphatic rings. The number of aromatic carboxylic acids is 1. The minimum atomic E-state index is -1.09. The summed E-state index contributed by atoms with van der Waals surface area (Å²) < 4.78 is 64.5. The summed E-state index contributed by atoms with van der Waals surface area (Å²) in [6.45, 7) is 10.4. The second-order valence-corrected chi connectivity index (χ2v) is 16.3. The quantitative estimate of drug-likeness (QED) is 0.0974. The molecule has 4 aromatic carbocycles. The zero-order valence-corrected chi connectivity index (χ0v) is 34.5. The van der Waals surface area contributed by atoms with E-state index in [1.807, 2.05) is 0 Å². The lowest BCUT2D eigenvalue weighted by molar-refractivity contribution is 0.0491. The first-order chi connectivity index (χ1) is 27.4. The van der Waals surface area contributed by atoms with Crippen molar-refractivity contribution in [2.75, 3.05) is 11.1 Å². The van der Waals surface area contributed by atoms with Gasteiger partial charge in [-0.15, -0.1) is 0 Å². The molecule has 0 bridgehead atoms. The zero-order valence-electron chi connectivity index (χ0n) is 33.0. The Labute approximate surface area is 363 Å². The summed E-state index contributed by atoms with van der Waals surface area (Å²) in [5.74, 6) is -3.60. The van der Waals surface area contributed by atoms with Gasteiger partial charge in [0.15, 0.2) is 0 Å². The van der Waals surface area contributed by atoms with Crippen LogP contribution in [0.5, 0.6) is 0 Å². The van der Waals surface area contributed by atoms with Crippen LogP contribution in [0.3, 0.4) is 0 Å². The van der Waals surface area contributed by atoms with Gasteiger partial charge in [-0.1, -0.05) is 38.1 Å². The van der Waals surface area contributed by atoms with Crippen molar-refractivity contribution in [1.29, 1.82) is 0 Å². The number of nitrogen functional groups attached to an aromatic ring is 1. The fourth-order valence-corrected chi connectivity index (χ4v) is 6.69. The molecule has 0 saturated heterocycles. The number of alkyl carbamates (subject to hydrolysis) is 2. The molecule has 0 fully saturated rings. The number of fused-ring (bicyclic) bond motifs is 2. The highest BCUT2D eigenvalue weighted by atomic mass is 35.5. The van der Waals surface area contributed by atoms with Crippen LogP contribution in [0.1, 0.15) is 124 Å². The van der Waals surface area contributed by atoms with Crippen molar-refractivity contribution in [2.45, 2.75) is 105 Å². The maximum atomic E-state index is 14.5. The van der Waals surface area contributed by atoms with Crippen LogP contribution in [0.4, 0.5) is 38.5 Å². The third-order valence-electron chi connectivity index (χ3n) is 8.65. The molecule has 3 amide bonds. The molecule has 6 rings (SSSR count). The average molecular weight is 896 g/mol. The van der Waals surface area contributed by atoms with Gasteiger partial charge in [0.1, 0.15) is 34.5 Å². The zero-order chi connectivity index (χ0) is 44.0. The minimum absolute atomic E-state index is 0. The SMILES string of the molecule is C.C.CC(C)(C)OC(=O)N[C@H]1CCc2c(C(=O)Nc3ccc(F)c(Cl)c3)ccc(F)c21.CC(C)(C)OC(=O)N[C@H]1CCc2c(C(=O)O)ccc(F)c21.Nc1ccc(F)c(Cl)c1. The molecule has 2 atom stereocenters. The van der Waals surface area contributed by atoms with Crippen molar-refractivity contribution in [3.8, 4) is 0 Å². The van der Waals surface area contributed by atoms with Crippen LogP contribution >= 0.6 is 23.2 Å². The normalized spacial score (nSPS) is 14.8. The van der Waals surface area contributed by atoms with E-state index in [0.29, 0.717) is 48.2 Å². The molecular weight excluding hydrogens is 843 g/mol. The van der Waals surface area contributed by atoms with E-state index < -0.39 is 70.6 Å². The third kappa shape index (κ3) is 14.3. The third-order valence-corrected chi connectivity index (χ3v) is 9.23. The molecule has 0 aromatic heterocycles. The maximum absolute atomic E-state index is 14.5. The number of ether oxygens (including phenoxy) is 2. The van der Waals surface area contributed by atoms with Gasteiger partial charge in [0, 0.05) is 28.1 Å². The van der Waals surface area contributed by atoms with Gasteiger partial charge in [-0.25, -0.2) is 31.9 Å². The highest BCUT2D eigenvalue weighted by Crippen LogP contribution is 2.37. The molecule has 17 heteroatoms. The summed E-state index contributed by atoms with van der Waals surface area (Å²) in [6.07, 6.45) is 0.440. The smallest absolute Gasteiger partial charge is 0.408 e. The molecule has 0 radical (unpaired) electrons. The lowest BCUT2D eigenvalue weighted by Gasteiger charge is -2.22. The van der Waals surface area contributed by atoms with Crippen molar-refractivity contribution in [3.05, 3.63) is 127 Å². The number of nitrogens with one attached hydrogen (secondary N) is 3. The van der Waals surface area contributed by atoms with Gasteiger partial charge >= 0.3 is 18.2 Å². The van der Waals surface area contributed by atoms with Crippen molar-refractivity contribution in [3.63, 3.8) is 0 Å². The van der Waals surface area contributed by atoms with Gasteiger partial charge < -0.3 is 36.3 Å². The lowest BCUT2D eigenvalue weighted by atomic mass is 10.0. The van der Waals surface area contributed by atoms with Gasteiger partial charge in [0.2, 0.25) is 0 Å². The van der Waals surface area contributed by atoms with E-state index in [2.05, 4.69) is 16.0 Å². The Hall–Kier alpha value is -5.54. The summed E-state index contributed by atoms with van der Waals surface area (Å²) in [4.78, 5) is 47.7. The van der Waals surface area contributed by atoms with E-state index in [1.165, 1.54) is 48.5 Å². The molecule has 332 valence electrons. The van der Waals surface area contributed by atoms with Gasteiger partial charge in [-0.2, -0.15) is 0 Å². The number of rotatable bonds is 5. The summed E-state index contributed by atoms with van der Waals surface area (Å²) in [5.41, 5.74) is 6.62. The van der Waals surface area contributed by atoms with Crippen molar-refractivity contribution in [1.82, 2.24) is 10.6 Å². The highest BCUT2D eigenvalue weighted by Gasteiger charge is 2.33. The number of carbonyl (C=O) groups is 4. The Bertz CT molecular complexity index is 2250. The van der Waals surface area contributed by atoms with E-state index >= 15 is 0 Å². The number of carbonyl (C=O) groups excluding carboxylic acids is 3. The Morgan fingerprint density at radius 1 is 0.656 bits per heavy atom. The van der Waals surface area contributed by atoms with Crippen LogP contribution in [-0.2, 0) is 22.3 Å². The summed E-state index contributed by atoms with van der Waals surface area (Å²) in [6, 6.07) is 11.7. The van der Waals surface area contributed by atoms with E-state index in [1.54, 1.807) is 41.5 Å². The number of amides is 3. The molecule has 4 aromatic rings. The number of carboxylic acids is 1. The Kier molecular flexibility index (Phi) is 18.0. The van der Waals surface area contributed by atoms with Crippen LogP contribution in [0, 0.1) is 23.3 Å². The van der Waals surface area contributed by atoms with Gasteiger partial charge in [-0.05, 0) is 139 Å². The molecule has 0 saturated carbocycles. The molecular formula is C44H52Cl2F4N4O7. The number of hydrogen-bond acceptors (Lipinski definition) is 7. The molecule has 0 aliphatic heterocycles. The standard InChI is InChI=1S/C21H21ClF2N2O3.C15H18FNO4.C6H5ClFN.2CH4/c1-21(2,3)29-20(28)26-17-9-6-12-13(5-8-16(24)18(12)17)19(27)25-11-4-7-15(23)14(22)10-11;1-15(2,3)21-14(20)17-11-7-5-8-9(13(18)19)4-6-10(16)12(8)11;7-5-3-4(9)1-2-6(5)8;;/h4-5,7-8,10,17H,6,9H2,1-3H3,(H,25,27)(H,26,28);4,6,11H,5,7H2,1-3H3,(H,17,20)(H,18,19);1-3H,9H2;2*1H4/t17-;11-;;;/m00.../s1. The molecule has 0 unspecified atom stereocenters. The van der Waals surface area contributed by atoms with Crippen LogP contribution < -0.4 is 21.7 Å². The number of hydrogen-bond donors (Lipinski definition) is 5. The maximum Gasteiger partial charge on any atom is 0.408 e. The Morgan fingerprint density at radius 3 is 1.48 bits per heavy atom. The number of benzene rings is 4. The van der Waals surface area contributed by atoms with Crippen molar-refractivity contribution in [2.24, 2.45) is 0 Å². The van der Waals surface area contributed by atoms with Gasteiger partial charge in [0.05, 0.1) is 27.7 Å². The van der Waals surface area contributed by atoms with Gasteiger partial charge in [-0.3, -0.25) is 4.79 Å². The van der Waals surface area contributed by atoms with Crippen LogP contribution in [0.2, 0.25) is 10.0 Å². The molecule has 61 heavy (non-hydrogen) atoms. The first kappa shape index (κ1) is 51.6. The van der Waals surface area contributed by atoms with Crippen molar-refractivity contribution >= 4 is 58.6 Å². The molecule has 11 nitrogen and oxygen atoms in total. The largest absolute Gasteiger partial charge is 0.478 e. The number of nitrogens with two attached hydrogens (primary N) is 1. The molecule has 6 N–H and O–H groups in total. The van der Waals surface area contributed by atoms with Crippen molar-refractivity contribution < 1.29 is 51.3 Å². The van der Waals surface area contributed by atoms with E-state index in [-0.39, 0.29) is 47.2 Å². The van der Waals surface area contributed by atoms with Crippen LogP contribution in [0.15, 0.2) is 60.7 Å². The molecule has 0 spiro atoms. The Balaban J connectivity index is 0.000000350. The predicted molar refractivity (Wildman–Crippen MR) is 229 cm³/mol. The van der Waals surface area contributed by atoms with E-state index in [0.717, 1.165) is 12.1 Å². The fourth-order valence-electron chi connectivity index (χ4n) is 6.32. The minimum Gasteiger partial charge on any atom is -0.478 e. The lowest BCUT2D eigenvalue weighted by Crippen LogP contribution is -2.34. The summed E-state index contributed by atoms with van der Waals surface area (Å²) >= 11 is 11.1. The van der Waals surface area contributed by atoms with Gasteiger partial charge in [0.25, 0.3) is 5.91 Å². The first-order valence-electron chi connectivity index (χ1n) is 18.3. The summed E-state index contributed by atoms with van der Waals surface area (Å²) in [5, 5.41) is 17.0. The molecule has 2 aliphatic carbocycles. The highest BCUT2D eigenvalue weighted by molar-refractivity contribution is 6.31. The monoisotopic (exact) mass is 894 g/mol. The summed E-state index contributed by atoms with van der Waals surface area (Å²) in [7, 11) is 0. The average Bonchev–Trinajstić information content (AvgIpc) is 3.73. The number of anilines is 2. The Morgan fingerprint density at radius 2 is 1.07 bits per heavy atom. The first-order valence-corrected chi connectivity index (χ1v) is 19.0. The van der Waals surface area contributed by atoms with E-state index in [9.17, 15) is 36.7 Å². The van der Waals surface area contributed by atoms with Crippen LogP contribution in [0.25, 0.3) is 0 Å². The predicted octanol–water partition coefficient (Wildman–Crippen LogP) is 11.8. The number of halogens is 6. The fraction of sp³-hybridized carbons (Fsp3) is 0.364. The number of carboxylic acid groups (broad SMARTS) is 1.